The van der Waals surface area contributed by atoms with Crippen LogP contribution in [0.25, 0.3) is 0 Å². The fourth-order valence-electron chi connectivity index (χ4n) is 1.83. The molecule has 1 aromatic rings. The van der Waals surface area contributed by atoms with Gasteiger partial charge in [0.25, 0.3) is 5.69 Å². The van der Waals surface area contributed by atoms with Gasteiger partial charge in [0.1, 0.15) is 0 Å². The fourth-order valence-corrected chi connectivity index (χ4v) is 2.15. The lowest BCUT2D eigenvalue weighted by Crippen LogP contribution is -2.39. The number of primary amides is 1. The molecule has 0 heterocycles. The normalized spacial score (nSPS) is 10.5. The molecule has 8 nitrogen and oxygen atoms in total. The second kappa shape index (κ2) is 6.40. The molecule has 0 unspecified atom stereocenters. The van der Waals surface area contributed by atoms with Crippen LogP contribution in [0.15, 0.2) is 12.1 Å². The van der Waals surface area contributed by atoms with Gasteiger partial charge in [-0.05, 0) is 13.8 Å². The van der Waals surface area contributed by atoms with E-state index in [9.17, 15) is 24.8 Å². The van der Waals surface area contributed by atoms with Crippen molar-refractivity contribution in [3.8, 4) is 0 Å². The van der Waals surface area contributed by atoms with Gasteiger partial charge in [0.05, 0.1) is 27.7 Å². The van der Waals surface area contributed by atoms with Crippen molar-refractivity contribution in [2.45, 2.75) is 19.9 Å². The maximum atomic E-state index is 11.3. The SMILES string of the molecule is CC(C)N(CC(N)=O)c1c(Cl)cc([N+](=O)[O-])cc1C(=O)O. The van der Waals surface area contributed by atoms with Crippen LogP contribution in [0, 0.1) is 10.1 Å². The standard InChI is InChI=1S/C12H14ClN3O5/c1-6(2)15(5-10(14)17)11-8(12(18)19)3-7(16(20)21)4-9(11)13/h3-4,6H,5H2,1-2H3,(H2,14,17)(H,18,19). The van der Waals surface area contributed by atoms with Crippen molar-refractivity contribution < 1.29 is 19.6 Å². The van der Waals surface area contributed by atoms with E-state index >= 15 is 0 Å². The maximum Gasteiger partial charge on any atom is 0.338 e. The zero-order valence-electron chi connectivity index (χ0n) is 11.4. The monoisotopic (exact) mass is 315 g/mol. The molecule has 114 valence electrons. The molecule has 0 aromatic heterocycles. The maximum absolute atomic E-state index is 11.3. The highest BCUT2D eigenvalue weighted by Gasteiger charge is 2.26. The molecule has 0 aliphatic heterocycles. The molecular weight excluding hydrogens is 302 g/mol. The van der Waals surface area contributed by atoms with Crippen molar-refractivity contribution in [2.75, 3.05) is 11.4 Å². The number of aromatic carboxylic acids is 1. The highest BCUT2D eigenvalue weighted by molar-refractivity contribution is 6.34. The van der Waals surface area contributed by atoms with E-state index in [0.717, 1.165) is 12.1 Å². The third kappa shape index (κ3) is 3.82. The molecule has 1 amide bonds. The van der Waals surface area contributed by atoms with Crippen molar-refractivity contribution in [1.29, 1.82) is 0 Å². The molecule has 0 fully saturated rings. The number of carboxylic acids is 1. The third-order valence-electron chi connectivity index (χ3n) is 2.73. The van der Waals surface area contributed by atoms with Crippen LogP contribution in [0.3, 0.4) is 0 Å². The molecule has 0 atom stereocenters. The molecule has 3 N–H and O–H groups in total. The van der Waals surface area contributed by atoms with E-state index in [-0.39, 0.29) is 28.9 Å². The Kier molecular flexibility index (Phi) is 5.09. The first-order chi connectivity index (χ1) is 9.65. The number of nitrogens with two attached hydrogens (primary N) is 1. The predicted molar refractivity (Wildman–Crippen MR) is 76.7 cm³/mol. The molecule has 9 heteroatoms. The Hall–Kier alpha value is -2.35. The smallest absolute Gasteiger partial charge is 0.338 e. The number of anilines is 1. The van der Waals surface area contributed by atoms with Crippen molar-refractivity contribution in [3.63, 3.8) is 0 Å². The molecule has 21 heavy (non-hydrogen) atoms. The number of carbonyl (C=O) groups is 2. The van der Waals surface area contributed by atoms with Crippen molar-refractivity contribution in [3.05, 3.63) is 32.8 Å². The summed E-state index contributed by atoms with van der Waals surface area (Å²) in [6, 6.07) is 1.66. The predicted octanol–water partition coefficient (Wildman–Crippen LogP) is 1.65. The number of carboxylic acid groups (broad SMARTS) is 1. The minimum atomic E-state index is -1.38. The molecule has 0 spiro atoms. The van der Waals surface area contributed by atoms with Crippen LogP contribution in [-0.4, -0.2) is 34.5 Å². The average Bonchev–Trinajstić information content (AvgIpc) is 2.34. The summed E-state index contributed by atoms with van der Waals surface area (Å²) < 4.78 is 0. The Morgan fingerprint density at radius 2 is 2.05 bits per heavy atom. The van der Waals surface area contributed by atoms with E-state index in [2.05, 4.69) is 0 Å². The van der Waals surface area contributed by atoms with Gasteiger partial charge in [-0.25, -0.2) is 4.79 Å². The van der Waals surface area contributed by atoms with Crippen LogP contribution in [-0.2, 0) is 4.79 Å². The number of amides is 1. The number of nitro benzene ring substituents is 1. The lowest BCUT2D eigenvalue weighted by molar-refractivity contribution is -0.384. The molecule has 0 saturated heterocycles. The molecule has 0 aliphatic rings. The van der Waals surface area contributed by atoms with Gasteiger partial charge < -0.3 is 15.7 Å². The van der Waals surface area contributed by atoms with Crippen LogP contribution in [0.1, 0.15) is 24.2 Å². The summed E-state index contributed by atoms with van der Waals surface area (Å²) in [5, 5.41) is 19.9. The first-order valence-corrected chi connectivity index (χ1v) is 6.29. The van der Waals surface area contributed by atoms with Gasteiger partial charge in [-0.1, -0.05) is 11.6 Å². The van der Waals surface area contributed by atoms with E-state index in [0.29, 0.717) is 0 Å². The number of hydrogen-bond acceptors (Lipinski definition) is 5. The summed E-state index contributed by atoms with van der Waals surface area (Å²) in [4.78, 5) is 33.9. The molecule has 0 saturated carbocycles. The Bertz CT molecular complexity index is 603. The van der Waals surface area contributed by atoms with Gasteiger partial charge in [0.15, 0.2) is 0 Å². The van der Waals surface area contributed by atoms with Crippen molar-refractivity contribution in [2.24, 2.45) is 5.73 Å². The van der Waals surface area contributed by atoms with Crippen LogP contribution < -0.4 is 10.6 Å². The second-order valence-corrected chi connectivity index (χ2v) is 4.98. The number of nitro groups is 1. The molecule has 0 radical (unpaired) electrons. The van der Waals surface area contributed by atoms with Gasteiger partial charge >= 0.3 is 5.97 Å². The first kappa shape index (κ1) is 16.7. The van der Waals surface area contributed by atoms with Crippen LogP contribution >= 0.6 is 11.6 Å². The summed E-state index contributed by atoms with van der Waals surface area (Å²) >= 11 is 5.98. The minimum absolute atomic E-state index is 0.0311. The largest absolute Gasteiger partial charge is 0.478 e. The van der Waals surface area contributed by atoms with Crippen LogP contribution in [0.4, 0.5) is 11.4 Å². The summed E-state index contributed by atoms with van der Waals surface area (Å²) in [6.07, 6.45) is 0. The summed E-state index contributed by atoms with van der Waals surface area (Å²) in [7, 11) is 0. The summed E-state index contributed by atoms with van der Waals surface area (Å²) in [6.45, 7) is 3.17. The van der Waals surface area contributed by atoms with Crippen molar-refractivity contribution >= 4 is 34.9 Å². The molecule has 0 bridgehead atoms. The van der Waals surface area contributed by atoms with Gasteiger partial charge in [0.2, 0.25) is 5.91 Å². The number of halogens is 1. The van der Waals surface area contributed by atoms with Crippen LogP contribution in [0.2, 0.25) is 5.02 Å². The summed E-state index contributed by atoms with van der Waals surface area (Å²) in [5.41, 5.74) is 4.38. The average molecular weight is 316 g/mol. The van der Waals surface area contributed by atoms with E-state index in [1.54, 1.807) is 13.8 Å². The van der Waals surface area contributed by atoms with Gasteiger partial charge in [0, 0.05) is 18.2 Å². The topological polar surface area (TPSA) is 127 Å². The zero-order valence-corrected chi connectivity index (χ0v) is 12.1. The highest BCUT2D eigenvalue weighted by atomic mass is 35.5. The Morgan fingerprint density at radius 3 is 2.43 bits per heavy atom. The quantitative estimate of drug-likeness (QED) is 0.607. The fraction of sp³-hybridized carbons (Fsp3) is 0.333. The number of carbonyl (C=O) groups excluding carboxylic acids is 1. The van der Waals surface area contributed by atoms with Gasteiger partial charge in [-0.3, -0.25) is 14.9 Å². The lowest BCUT2D eigenvalue weighted by Gasteiger charge is -2.29. The van der Waals surface area contributed by atoms with Crippen molar-refractivity contribution in [1.82, 2.24) is 0 Å². The number of nitrogens with zero attached hydrogens (tertiary/aromatic N) is 2. The first-order valence-electron chi connectivity index (χ1n) is 5.91. The van der Waals surface area contributed by atoms with Gasteiger partial charge in [-0.15, -0.1) is 0 Å². The Morgan fingerprint density at radius 1 is 1.48 bits per heavy atom. The van der Waals surface area contributed by atoms with E-state index in [1.807, 2.05) is 0 Å². The van der Waals surface area contributed by atoms with Crippen LogP contribution in [0.5, 0.6) is 0 Å². The number of hydrogen-bond donors (Lipinski definition) is 2. The Balaban J connectivity index is 3.55. The molecule has 1 rings (SSSR count). The third-order valence-corrected chi connectivity index (χ3v) is 3.01. The van der Waals surface area contributed by atoms with E-state index in [1.165, 1.54) is 4.90 Å². The summed E-state index contributed by atoms with van der Waals surface area (Å²) in [5.74, 6) is -2.06. The molecular formula is C12H14ClN3O5. The molecule has 0 aliphatic carbocycles. The van der Waals surface area contributed by atoms with Gasteiger partial charge in [-0.2, -0.15) is 0 Å². The number of benzene rings is 1. The highest BCUT2D eigenvalue weighted by Crippen LogP contribution is 2.35. The second-order valence-electron chi connectivity index (χ2n) is 4.57. The minimum Gasteiger partial charge on any atom is -0.478 e. The zero-order chi connectivity index (χ0) is 16.3. The molecule has 1 aromatic carbocycles. The van der Waals surface area contributed by atoms with E-state index in [4.69, 9.17) is 17.3 Å². The lowest BCUT2D eigenvalue weighted by atomic mass is 10.1. The number of rotatable bonds is 6. The van der Waals surface area contributed by atoms with E-state index < -0.39 is 22.5 Å². The Labute approximate surface area is 125 Å². The number of non-ortho nitro benzene ring substituents is 1.